The SMILES string of the molecule is CC(C)(C)OC(=O)N1CCC(n2nnnc2-c2cn3c4c(cccc24)CCC3)CC1. The van der Waals surface area contributed by atoms with Crippen molar-refractivity contribution in [2.24, 2.45) is 0 Å². The first-order chi connectivity index (χ1) is 14.4. The quantitative estimate of drug-likeness (QED) is 0.644. The molecule has 2 aliphatic heterocycles. The second-order valence-electron chi connectivity index (χ2n) is 9.30. The van der Waals surface area contributed by atoms with E-state index < -0.39 is 5.60 Å². The Labute approximate surface area is 175 Å². The van der Waals surface area contributed by atoms with Crippen LogP contribution in [0.5, 0.6) is 0 Å². The largest absolute Gasteiger partial charge is 0.444 e. The summed E-state index contributed by atoms with van der Waals surface area (Å²) >= 11 is 0. The summed E-state index contributed by atoms with van der Waals surface area (Å²) in [5.74, 6) is 0.813. The van der Waals surface area contributed by atoms with E-state index in [-0.39, 0.29) is 12.1 Å². The predicted molar refractivity (Wildman–Crippen MR) is 113 cm³/mol. The van der Waals surface area contributed by atoms with Crippen LogP contribution in [0.2, 0.25) is 0 Å². The molecule has 8 heteroatoms. The number of aryl methyl sites for hydroxylation is 2. The number of aromatic nitrogens is 5. The molecule has 0 bridgehead atoms. The standard InChI is InChI=1S/C22H28N6O2/c1-22(2,3)30-21(29)26-12-9-16(10-13-26)28-20(23-24-25-28)18-14-27-11-5-7-15-6-4-8-17(18)19(15)27/h4,6,8,14,16H,5,7,9-13H2,1-3H3. The normalized spacial score (nSPS) is 17.5. The first-order valence-electron chi connectivity index (χ1n) is 10.8. The van der Waals surface area contributed by atoms with Gasteiger partial charge < -0.3 is 14.2 Å². The molecule has 158 valence electrons. The lowest BCUT2D eigenvalue weighted by molar-refractivity contribution is 0.0185. The van der Waals surface area contributed by atoms with Crippen LogP contribution < -0.4 is 0 Å². The number of ether oxygens (including phenoxy) is 1. The second-order valence-corrected chi connectivity index (χ2v) is 9.30. The maximum atomic E-state index is 12.4. The van der Waals surface area contributed by atoms with Crippen molar-refractivity contribution >= 4 is 17.0 Å². The Morgan fingerprint density at radius 2 is 1.97 bits per heavy atom. The fourth-order valence-corrected chi connectivity index (χ4v) is 4.67. The molecular formula is C22H28N6O2. The molecule has 4 heterocycles. The Morgan fingerprint density at radius 1 is 1.17 bits per heavy atom. The Morgan fingerprint density at radius 3 is 2.73 bits per heavy atom. The van der Waals surface area contributed by atoms with Gasteiger partial charge in [-0.05, 0) is 62.4 Å². The average molecular weight is 409 g/mol. The van der Waals surface area contributed by atoms with Crippen molar-refractivity contribution in [3.8, 4) is 11.4 Å². The van der Waals surface area contributed by atoms with Gasteiger partial charge in [-0.1, -0.05) is 18.2 Å². The minimum Gasteiger partial charge on any atom is -0.444 e. The molecule has 8 nitrogen and oxygen atoms in total. The van der Waals surface area contributed by atoms with Crippen LogP contribution in [0, 0.1) is 0 Å². The smallest absolute Gasteiger partial charge is 0.410 e. The van der Waals surface area contributed by atoms with Gasteiger partial charge in [0.15, 0.2) is 5.82 Å². The number of nitrogens with zero attached hydrogens (tertiary/aromatic N) is 6. The molecule has 2 aliphatic rings. The molecule has 0 saturated carbocycles. The van der Waals surface area contributed by atoms with E-state index in [9.17, 15) is 4.79 Å². The van der Waals surface area contributed by atoms with Gasteiger partial charge in [-0.15, -0.1) is 5.10 Å². The number of para-hydroxylation sites is 1. The van der Waals surface area contributed by atoms with Crippen LogP contribution in [-0.4, -0.2) is 54.5 Å². The highest BCUT2D eigenvalue weighted by molar-refractivity contribution is 5.96. The number of hydrogen-bond donors (Lipinski definition) is 0. The van der Waals surface area contributed by atoms with Crippen molar-refractivity contribution in [1.29, 1.82) is 0 Å². The third kappa shape index (κ3) is 3.34. The lowest BCUT2D eigenvalue weighted by Crippen LogP contribution is -2.42. The zero-order valence-corrected chi connectivity index (χ0v) is 17.8. The van der Waals surface area contributed by atoms with Crippen molar-refractivity contribution in [1.82, 2.24) is 29.7 Å². The molecular weight excluding hydrogens is 380 g/mol. The van der Waals surface area contributed by atoms with Gasteiger partial charge in [0, 0.05) is 36.8 Å². The van der Waals surface area contributed by atoms with E-state index in [1.165, 1.54) is 16.5 Å². The molecule has 0 spiro atoms. The van der Waals surface area contributed by atoms with Crippen LogP contribution in [0.4, 0.5) is 4.79 Å². The molecule has 3 aromatic rings. The molecule has 0 aliphatic carbocycles. The molecule has 0 N–H and O–H groups in total. The van der Waals surface area contributed by atoms with Crippen LogP contribution in [0.15, 0.2) is 24.4 Å². The molecule has 0 radical (unpaired) electrons. The van der Waals surface area contributed by atoms with E-state index in [0.29, 0.717) is 13.1 Å². The van der Waals surface area contributed by atoms with Crippen molar-refractivity contribution < 1.29 is 9.53 Å². The van der Waals surface area contributed by atoms with E-state index in [2.05, 4.69) is 44.5 Å². The Balaban J connectivity index is 1.39. The summed E-state index contributed by atoms with van der Waals surface area (Å²) in [6.45, 7) is 8.00. The van der Waals surface area contributed by atoms with E-state index >= 15 is 0 Å². The van der Waals surface area contributed by atoms with E-state index in [4.69, 9.17) is 4.74 Å². The zero-order valence-electron chi connectivity index (χ0n) is 17.8. The number of carbonyl (C=O) groups is 1. The summed E-state index contributed by atoms with van der Waals surface area (Å²) in [6.07, 6.45) is 5.85. The maximum Gasteiger partial charge on any atom is 0.410 e. The Kier molecular flexibility index (Phi) is 4.52. The number of tetrazole rings is 1. The molecule has 1 amide bonds. The van der Waals surface area contributed by atoms with Crippen LogP contribution in [0.25, 0.3) is 22.3 Å². The summed E-state index contributed by atoms with van der Waals surface area (Å²) in [7, 11) is 0. The number of benzene rings is 1. The van der Waals surface area contributed by atoms with Gasteiger partial charge in [0.1, 0.15) is 5.60 Å². The van der Waals surface area contributed by atoms with Gasteiger partial charge in [0.25, 0.3) is 0 Å². The van der Waals surface area contributed by atoms with Gasteiger partial charge in [0.2, 0.25) is 0 Å². The molecule has 1 fully saturated rings. The summed E-state index contributed by atoms with van der Waals surface area (Å²) < 4.78 is 9.81. The average Bonchev–Trinajstić information content (AvgIpc) is 3.33. The molecule has 0 unspecified atom stereocenters. The number of hydrogen-bond acceptors (Lipinski definition) is 5. The van der Waals surface area contributed by atoms with Gasteiger partial charge >= 0.3 is 6.09 Å². The van der Waals surface area contributed by atoms with Crippen LogP contribution in [0.1, 0.15) is 51.6 Å². The zero-order chi connectivity index (χ0) is 20.9. The van der Waals surface area contributed by atoms with Gasteiger partial charge in [0.05, 0.1) is 11.6 Å². The fourth-order valence-electron chi connectivity index (χ4n) is 4.67. The van der Waals surface area contributed by atoms with E-state index in [1.54, 1.807) is 4.90 Å². The lowest BCUT2D eigenvalue weighted by atomic mass is 10.0. The summed E-state index contributed by atoms with van der Waals surface area (Å²) in [4.78, 5) is 14.2. The summed E-state index contributed by atoms with van der Waals surface area (Å²) in [6, 6.07) is 6.68. The number of carbonyl (C=O) groups excluding carboxylic acids is 1. The maximum absolute atomic E-state index is 12.4. The van der Waals surface area contributed by atoms with Crippen molar-refractivity contribution in [2.45, 2.75) is 64.6 Å². The third-order valence-electron chi connectivity index (χ3n) is 6.02. The first kappa shape index (κ1) is 19.1. The van der Waals surface area contributed by atoms with Crippen LogP contribution in [0.3, 0.4) is 0 Å². The Bertz CT molecular complexity index is 1080. The van der Waals surface area contributed by atoms with Crippen molar-refractivity contribution in [3.63, 3.8) is 0 Å². The summed E-state index contributed by atoms with van der Waals surface area (Å²) in [5.41, 5.74) is 3.32. The number of rotatable bonds is 2. The van der Waals surface area contributed by atoms with Gasteiger partial charge in [-0.3, -0.25) is 0 Å². The monoisotopic (exact) mass is 408 g/mol. The van der Waals surface area contributed by atoms with Gasteiger partial charge in [-0.2, -0.15) is 0 Å². The number of piperidine rings is 1. The second kappa shape index (κ2) is 7.11. The van der Waals surface area contributed by atoms with Gasteiger partial charge in [-0.25, -0.2) is 9.48 Å². The minimum atomic E-state index is -0.478. The number of likely N-dealkylation sites (tertiary alicyclic amines) is 1. The highest BCUT2D eigenvalue weighted by Crippen LogP contribution is 2.36. The molecule has 5 rings (SSSR count). The van der Waals surface area contributed by atoms with Crippen molar-refractivity contribution in [2.75, 3.05) is 13.1 Å². The van der Waals surface area contributed by atoms with E-state index in [0.717, 1.165) is 43.6 Å². The number of amides is 1. The van der Waals surface area contributed by atoms with E-state index in [1.807, 2.05) is 25.5 Å². The summed E-state index contributed by atoms with van der Waals surface area (Å²) in [5, 5.41) is 14.0. The minimum absolute atomic E-state index is 0.167. The van der Waals surface area contributed by atoms with Crippen molar-refractivity contribution in [3.05, 3.63) is 30.0 Å². The highest BCUT2D eigenvalue weighted by atomic mass is 16.6. The lowest BCUT2D eigenvalue weighted by Gasteiger charge is -2.33. The van der Waals surface area contributed by atoms with Crippen LogP contribution in [-0.2, 0) is 17.7 Å². The molecule has 1 aromatic carbocycles. The fraction of sp³-hybridized carbons (Fsp3) is 0.545. The molecule has 0 atom stereocenters. The predicted octanol–water partition coefficient (Wildman–Crippen LogP) is 3.81. The Hall–Kier alpha value is -2.90. The first-order valence-corrected chi connectivity index (χ1v) is 10.8. The topological polar surface area (TPSA) is 78.1 Å². The molecule has 2 aromatic heterocycles. The van der Waals surface area contributed by atoms with Crippen LogP contribution >= 0.6 is 0 Å². The molecule has 30 heavy (non-hydrogen) atoms. The third-order valence-corrected chi connectivity index (χ3v) is 6.02. The highest BCUT2D eigenvalue weighted by Gasteiger charge is 2.30. The molecule has 1 saturated heterocycles.